The predicted molar refractivity (Wildman–Crippen MR) is 120 cm³/mol. The van der Waals surface area contributed by atoms with Crippen LogP contribution in [-0.4, -0.2) is 31.6 Å². The van der Waals surface area contributed by atoms with Crippen LogP contribution in [0.3, 0.4) is 0 Å². The summed E-state index contributed by atoms with van der Waals surface area (Å²) in [6.07, 6.45) is 22.5. The van der Waals surface area contributed by atoms with E-state index in [-0.39, 0.29) is 19.0 Å². The molecule has 0 aromatic rings. The van der Waals surface area contributed by atoms with Crippen molar-refractivity contribution in [2.24, 2.45) is 0 Å². The highest BCUT2D eigenvalue weighted by molar-refractivity contribution is 5.81. The number of hydrogen-bond acceptors (Lipinski definition) is 4. The van der Waals surface area contributed by atoms with Crippen LogP contribution < -0.4 is 0 Å². The minimum atomic E-state index is -0.976. The third-order valence-corrected chi connectivity index (χ3v) is 5.81. The normalized spacial score (nSPS) is 16.4. The van der Waals surface area contributed by atoms with E-state index in [4.69, 9.17) is 14.2 Å². The lowest BCUT2D eigenvalue weighted by molar-refractivity contribution is -0.389. The molecule has 0 N–H and O–H groups in total. The molecule has 1 aliphatic rings. The van der Waals surface area contributed by atoms with E-state index < -0.39 is 5.97 Å². The van der Waals surface area contributed by atoms with Gasteiger partial charge in [-0.15, -0.1) is 0 Å². The van der Waals surface area contributed by atoms with E-state index in [1.807, 2.05) is 0 Å². The van der Waals surface area contributed by atoms with Gasteiger partial charge < -0.3 is 14.2 Å². The molecule has 0 aromatic heterocycles. The molecule has 0 bridgehead atoms. The van der Waals surface area contributed by atoms with Crippen molar-refractivity contribution < 1.29 is 19.0 Å². The first kappa shape index (κ1) is 26.6. The van der Waals surface area contributed by atoms with Gasteiger partial charge in [0.1, 0.15) is 13.2 Å². The molecule has 0 atom stereocenters. The highest BCUT2D eigenvalue weighted by atomic mass is 16.9. The second-order valence-corrected chi connectivity index (χ2v) is 8.70. The highest BCUT2D eigenvalue weighted by Crippen LogP contribution is 2.27. The zero-order valence-corrected chi connectivity index (χ0v) is 19.5. The van der Waals surface area contributed by atoms with Crippen molar-refractivity contribution in [2.75, 3.05) is 19.8 Å². The van der Waals surface area contributed by atoms with Gasteiger partial charge in [0.05, 0.1) is 6.61 Å². The van der Waals surface area contributed by atoms with Crippen molar-refractivity contribution in [3.63, 3.8) is 0 Å². The molecule has 1 heterocycles. The van der Waals surface area contributed by atoms with Crippen LogP contribution in [0, 0.1) is 0 Å². The van der Waals surface area contributed by atoms with E-state index in [1.165, 1.54) is 96.3 Å². The Morgan fingerprint density at radius 3 is 1.55 bits per heavy atom. The van der Waals surface area contributed by atoms with E-state index >= 15 is 0 Å². The van der Waals surface area contributed by atoms with Crippen molar-refractivity contribution in [2.45, 2.75) is 135 Å². The molecule has 0 amide bonds. The smallest absolute Gasteiger partial charge is 0.283 e. The number of ketones is 1. The summed E-state index contributed by atoms with van der Waals surface area (Å²) in [5, 5.41) is 0. The minimum Gasteiger partial charge on any atom is -0.327 e. The van der Waals surface area contributed by atoms with Gasteiger partial charge in [0.2, 0.25) is 0 Å². The van der Waals surface area contributed by atoms with E-state index in [2.05, 4.69) is 13.8 Å². The summed E-state index contributed by atoms with van der Waals surface area (Å²) in [5.74, 6) is -0.973. The number of hydrogen-bond donors (Lipinski definition) is 0. The Morgan fingerprint density at radius 1 is 0.655 bits per heavy atom. The maximum atomic E-state index is 11.5. The third kappa shape index (κ3) is 14.2. The van der Waals surface area contributed by atoms with Crippen molar-refractivity contribution in [3.05, 3.63) is 0 Å². The maximum Gasteiger partial charge on any atom is 0.283 e. The number of unbranched alkanes of at least 4 members (excludes halogenated alkanes) is 15. The first-order valence-electron chi connectivity index (χ1n) is 12.7. The number of carbonyl (C=O) groups is 1. The van der Waals surface area contributed by atoms with Crippen molar-refractivity contribution in [1.82, 2.24) is 0 Å². The molecule has 0 unspecified atom stereocenters. The second kappa shape index (κ2) is 18.3. The van der Waals surface area contributed by atoms with Gasteiger partial charge in [-0.25, -0.2) is 0 Å². The van der Waals surface area contributed by atoms with Gasteiger partial charge in [-0.1, -0.05) is 110 Å². The summed E-state index contributed by atoms with van der Waals surface area (Å²) >= 11 is 0. The Kier molecular flexibility index (Phi) is 16.8. The Hall–Kier alpha value is -0.450. The van der Waals surface area contributed by atoms with Gasteiger partial charge in [-0.2, -0.15) is 0 Å². The molecule has 29 heavy (non-hydrogen) atoms. The molecule has 1 aliphatic heterocycles. The summed E-state index contributed by atoms with van der Waals surface area (Å²) in [4.78, 5) is 11.5. The minimum absolute atomic E-state index is 0.00253. The molecule has 0 aliphatic carbocycles. The van der Waals surface area contributed by atoms with Crippen LogP contribution in [-0.2, 0) is 19.0 Å². The molecule has 1 saturated heterocycles. The van der Waals surface area contributed by atoms with Crippen LogP contribution in [0.5, 0.6) is 0 Å². The highest BCUT2D eigenvalue weighted by Gasteiger charge is 2.37. The second-order valence-electron chi connectivity index (χ2n) is 8.70. The van der Waals surface area contributed by atoms with Gasteiger partial charge in [0, 0.05) is 6.42 Å². The van der Waals surface area contributed by atoms with Crippen molar-refractivity contribution in [1.29, 1.82) is 0 Å². The fourth-order valence-electron chi connectivity index (χ4n) is 3.88. The molecule has 0 aromatic carbocycles. The Balaban J connectivity index is 2.10. The molecule has 4 heteroatoms. The van der Waals surface area contributed by atoms with Gasteiger partial charge in [0.25, 0.3) is 5.97 Å². The zero-order chi connectivity index (χ0) is 21.0. The van der Waals surface area contributed by atoms with Crippen molar-refractivity contribution >= 4 is 5.78 Å². The maximum absolute atomic E-state index is 11.5. The number of ether oxygens (including phenoxy) is 3. The first-order valence-corrected chi connectivity index (χ1v) is 12.7. The zero-order valence-electron chi connectivity index (χ0n) is 19.5. The summed E-state index contributed by atoms with van der Waals surface area (Å²) in [7, 11) is 0. The molecule has 0 radical (unpaired) electrons. The molecular formula is C25H48O4. The third-order valence-electron chi connectivity index (χ3n) is 5.81. The fraction of sp³-hybridized carbons (Fsp3) is 0.960. The molecule has 1 fully saturated rings. The van der Waals surface area contributed by atoms with Gasteiger partial charge in [0.15, 0.2) is 5.78 Å². The first-order chi connectivity index (χ1) is 14.2. The van der Waals surface area contributed by atoms with Crippen LogP contribution in [0.15, 0.2) is 0 Å². The SMILES string of the molecule is CCCCCCCCCCCCCC1(OCCCCCCCC)OCC(=O)CO1. The fourth-order valence-corrected chi connectivity index (χ4v) is 3.88. The van der Waals surface area contributed by atoms with Crippen molar-refractivity contribution in [3.8, 4) is 0 Å². The molecule has 0 spiro atoms. The topological polar surface area (TPSA) is 44.8 Å². The van der Waals surface area contributed by atoms with Crippen LogP contribution in [0.25, 0.3) is 0 Å². The molecular weight excluding hydrogens is 364 g/mol. The van der Waals surface area contributed by atoms with Gasteiger partial charge in [-0.05, 0) is 12.8 Å². The number of carbonyl (C=O) groups excluding carboxylic acids is 1. The molecule has 172 valence electrons. The van der Waals surface area contributed by atoms with E-state index in [1.54, 1.807) is 0 Å². The Bertz CT molecular complexity index is 373. The van der Waals surface area contributed by atoms with Crippen LogP contribution in [0.4, 0.5) is 0 Å². The quantitative estimate of drug-likeness (QED) is 0.196. The Labute approximate surface area is 180 Å². The van der Waals surface area contributed by atoms with E-state index in [9.17, 15) is 4.79 Å². The molecule has 4 nitrogen and oxygen atoms in total. The van der Waals surface area contributed by atoms with Gasteiger partial charge in [-0.3, -0.25) is 4.79 Å². The van der Waals surface area contributed by atoms with Crippen LogP contribution in [0.1, 0.15) is 129 Å². The lowest BCUT2D eigenvalue weighted by Gasteiger charge is -2.36. The summed E-state index contributed by atoms with van der Waals surface area (Å²) in [6, 6.07) is 0. The average molecular weight is 413 g/mol. The van der Waals surface area contributed by atoms with Crippen LogP contribution >= 0.6 is 0 Å². The largest absolute Gasteiger partial charge is 0.327 e. The van der Waals surface area contributed by atoms with E-state index in [0.29, 0.717) is 6.61 Å². The standard InChI is InChI=1S/C25H48O4/c1-3-5-7-9-11-12-13-14-15-16-18-20-25(28-22-24(26)23-29-25)27-21-19-17-10-8-6-4-2/h3-23H2,1-2H3. The Morgan fingerprint density at radius 2 is 1.07 bits per heavy atom. The lowest BCUT2D eigenvalue weighted by atomic mass is 10.0. The van der Waals surface area contributed by atoms with E-state index in [0.717, 1.165) is 19.3 Å². The number of rotatable bonds is 20. The average Bonchev–Trinajstić information content (AvgIpc) is 2.73. The summed E-state index contributed by atoms with van der Waals surface area (Å²) in [5.41, 5.74) is 0. The van der Waals surface area contributed by atoms with Gasteiger partial charge >= 0.3 is 0 Å². The van der Waals surface area contributed by atoms with Crippen LogP contribution in [0.2, 0.25) is 0 Å². The molecule has 0 saturated carbocycles. The predicted octanol–water partition coefficient (Wildman–Crippen LogP) is 7.33. The molecule has 1 rings (SSSR count). The number of Topliss-reactive ketones (excluding diaryl/α,β-unsaturated/α-hetero) is 1. The monoisotopic (exact) mass is 412 g/mol. The lowest BCUT2D eigenvalue weighted by Crippen LogP contribution is -2.47. The summed E-state index contributed by atoms with van der Waals surface area (Å²) in [6.45, 7) is 5.40. The summed E-state index contributed by atoms with van der Waals surface area (Å²) < 4.78 is 17.5.